The largest absolute Gasteiger partial charge is 0.495 e. The molecule has 1 aromatic carbocycles. The number of thioether (sulfide) groups is 1. The van der Waals surface area contributed by atoms with Gasteiger partial charge in [-0.2, -0.15) is 0 Å². The summed E-state index contributed by atoms with van der Waals surface area (Å²) in [6.07, 6.45) is 4.09. The lowest BCUT2D eigenvalue weighted by atomic mass is 9.92. The Morgan fingerprint density at radius 2 is 2.21 bits per heavy atom. The number of hydrogen-bond donors (Lipinski definition) is 0. The van der Waals surface area contributed by atoms with Gasteiger partial charge in [-0.1, -0.05) is 11.6 Å². The summed E-state index contributed by atoms with van der Waals surface area (Å²) >= 11 is 8.10. The number of ether oxygens (including phenoxy) is 2. The van der Waals surface area contributed by atoms with E-state index in [4.69, 9.17) is 21.1 Å². The summed E-state index contributed by atoms with van der Waals surface area (Å²) in [6, 6.07) is 5.22. The van der Waals surface area contributed by atoms with E-state index in [1.165, 1.54) is 12.8 Å². The second-order valence-electron chi connectivity index (χ2n) is 7.11. The molecule has 0 bridgehead atoms. The van der Waals surface area contributed by atoms with Gasteiger partial charge >= 0.3 is 0 Å². The summed E-state index contributed by atoms with van der Waals surface area (Å²) in [7, 11) is 1.57. The molecule has 3 fully saturated rings. The molecule has 3 aliphatic rings. The molecular formula is C18H22ClNO3S. The minimum absolute atomic E-state index is 0.0492. The van der Waals surface area contributed by atoms with Gasteiger partial charge in [-0.15, -0.1) is 11.8 Å². The molecule has 1 aliphatic carbocycles. The highest BCUT2D eigenvalue weighted by Crippen LogP contribution is 2.47. The van der Waals surface area contributed by atoms with E-state index in [2.05, 4.69) is 0 Å². The van der Waals surface area contributed by atoms with Crippen molar-refractivity contribution in [2.45, 2.75) is 30.1 Å². The molecule has 1 amide bonds. The van der Waals surface area contributed by atoms with Crippen molar-refractivity contribution in [3.63, 3.8) is 0 Å². The van der Waals surface area contributed by atoms with Gasteiger partial charge in [-0.05, 0) is 43.4 Å². The molecule has 1 saturated carbocycles. The van der Waals surface area contributed by atoms with Gasteiger partial charge in [0.25, 0.3) is 5.91 Å². The van der Waals surface area contributed by atoms with Gasteiger partial charge in [0.2, 0.25) is 0 Å². The molecule has 1 atom stereocenters. The van der Waals surface area contributed by atoms with Gasteiger partial charge in [0.05, 0.1) is 23.0 Å². The molecule has 4 nitrogen and oxygen atoms in total. The molecule has 2 heterocycles. The van der Waals surface area contributed by atoms with Crippen molar-refractivity contribution in [1.29, 1.82) is 0 Å². The van der Waals surface area contributed by atoms with Crippen LogP contribution in [0.2, 0.25) is 5.02 Å². The van der Waals surface area contributed by atoms with E-state index >= 15 is 0 Å². The van der Waals surface area contributed by atoms with E-state index < -0.39 is 0 Å². The molecule has 0 aromatic heterocycles. The SMILES string of the molecule is COc1ccc(C(=O)N2CC3(C[C@@H](OCC4CC4)CS3)C2)cc1Cl. The first-order valence-corrected chi connectivity index (χ1v) is 9.83. The van der Waals surface area contributed by atoms with Crippen LogP contribution in [0.25, 0.3) is 0 Å². The van der Waals surface area contributed by atoms with Gasteiger partial charge in [0.1, 0.15) is 5.75 Å². The van der Waals surface area contributed by atoms with Crippen LogP contribution in [-0.4, -0.2) is 54.2 Å². The van der Waals surface area contributed by atoms with Crippen molar-refractivity contribution in [3.8, 4) is 5.75 Å². The van der Waals surface area contributed by atoms with Crippen LogP contribution in [0.1, 0.15) is 29.6 Å². The topological polar surface area (TPSA) is 38.8 Å². The molecule has 1 spiro atoms. The highest BCUT2D eigenvalue weighted by molar-refractivity contribution is 8.01. The third-order valence-electron chi connectivity index (χ3n) is 5.08. The number of nitrogens with zero attached hydrogens (tertiary/aromatic N) is 1. The monoisotopic (exact) mass is 367 g/mol. The Morgan fingerprint density at radius 3 is 2.88 bits per heavy atom. The lowest BCUT2D eigenvalue weighted by Crippen LogP contribution is -2.60. The average Bonchev–Trinajstić information content (AvgIpc) is 3.28. The average molecular weight is 368 g/mol. The van der Waals surface area contributed by atoms with Crippen LogP contribution < -0.4 is 4.74 Å². The van der Waals surface area contributed by atoms with Gasteiger partial charge in [0, 0.05) is 31.0 Å². The molecule has 130 valence electrons. The summed E-state index contributed by atoms with van der Waals surface area (Å²) in [5.41, 5.74) is 0.625. The molecule has 2 aliphatic heterocycles. The second kappa shape index (κ2) is 6.43. The van der Waals surface area contributed by atoms with Crippen molar-refractivity contribution >= 4 is 29.3 Å². The molecule has 0 N–H and O–H groups in total. The quantitative estimate of drug-likeness (QED) is 0.798. The fourth-order valence-corrected chi connectivity index (χ4v) is 5.27. The highest BCUT2D eigenvalue weighted by atomic mass is 35.5. The molecular weight excluding hydrogens is 346 g/mol. The highest BCUT2D eigenvalue weighted by Gasteiger charge is 2.51. The van der Waals surface area contributed by atoms with Crippen molar-refractivity contribution < 1.29 is 14.3 Å². The smallest absolute Gasteiger partial charge is 0.254 e. The van der Waals surface area contributed by atoms with Gasteiger partial charge in [0.15, 0.2) is 0 Å². The molecule has 24 heavy (non-hydrogen) atoms. The zero-order valence-corrected chi connectivity index (χ0v) is 15.4. The van der Waals surface area contributed by atoms with Crippen LogP contribution in [0.15, 0.2) is 18.2 Å². The van der Waals surface area contributed by atoms with Crippen molar-refractivity contribution in [2.75, 3.05) is 32.6 Å². The molecule has 2 saturated heterocycles. The predicted molar refractivity (Wildman–Crippen MR) is 96.2 cm³/mol. The van der Waals surface area contributed by atoms with Crippen LogP contribution in [0.4, 0.5) is 0 Å². The van der Waals surface area contributed by atoms with E-state index in [1.807, 2.05) is 16.7 Å². The van der Waals surface area contributed by atoms with E-state index in [9.17, 15) is 4.79 Å². The standard InChI is InChI=1S/C18H22ClNO3S/c1-22-16-5-4-13(6-15(16)19)17(21)20-10-18(11-20)7-14(9-24-18)23-8-12-2-3-12/h4-6,12,14H,2-3,7-11H2,1H3/t14-/m1/s1. The third-order valence-corrected chi connectivity index (χ3v) is 6.95. The lowest BCUT2D eigenvalue weighted by Gasteiger charge is -2.47. The maximum atomic E-state index is 12.6. The normalized spacial score (nSPS) is 24.9. The van der Waals surface area contributed by atoms with Crippen LogP contribution >= 0.6 is 23.4 Å². The number of carbonyl (C=O) groups excluding carboxylic acids is 1. The number of likely N-dealkylation sites (tertiary alicyclic amines) is 1. The minimum Gasteiger partial charge on any atom is -0.495 e. The minimum atomic E-state index is 0.0492. The lowest BCUT2D eigenvalue weighted by molar-refractivity contribution is 0.0287. The van der Waals surface area contributed by atoms with Crippen LogP contribution in [0, 0.1) is 5.92 Å². The number of hydrogen-bond acceptors (Lipinski definition) is 4. The van der Waals surface area contributed by atoms with Crippen molar-refractivity contribution in [2.24, 2.45) is 5.92 Å². The van der Waals surface area contributed by atoms with Crippen LogP contribution in [0.3, 0.4) is 0 Å². The first kappa shape index (κ1) is 16.6. The third kappa shape index (κ3) is 3.26. The Kier molecular flexibility index (Phi) is 4.43. The summed E-state index contributed by atoms with van der Waals surface area (Å²) in [5, 5.41) is 0.474. The maximum Gasteiger partial charge on any atom is 0.254 e. The summed E-state index contributed by atoms with van der Waals surface area (Å²) < 4.78 is 11.4. The molecule has 0 unspecified atom stereocenters. The molecule has 0 radical (unpaired) electrons. The molecule has 4 rings (SSSR count). The van der Waals surface area contributed by atoms with Crippen molar-refractivity contribution in [3.05, 3.63) is 28.8 Å². The number of amides is 1. The van der Waals surface area contributed by atoms with Crippen LogP contribution in [0.5, 0.6) is 5.75 Å². The fourth-order valence-electron chi connectivity index (χ4n) is 3.46. The Morgan fingerprint density at radius 1 is 1.42 bits per heavy atom. The first-order chi connectivity index (χ1) is 11.6. The first-order valence-electron chi connectivity index (χ1n) is 8.47. The predicted octanol–water partition coefficient (Wildman–Crippen LogP) is 3.48. The van der Waals surface area contributed by atoms with E-state index in [-0.39, 0.29) is 10.7 Å². The number of rotatable bonds is 5. The Bertz CT molecular complexity index is 643. The van der Waals surface area contributed by atoms with Gasteiger partial charge in [-0.25, -0.2) is 0 Å². The Hall–Kier alpha value is -0.910. The molecule has 1 aromatic rings. The zero-order chi connectivity index (χ0) is 16.7. The number of benzene rings is 1. The van der Waals surface area contributed by atoms with E-state index in [1.54, 1.807) is 25.3 Å². The summed E-state index contributed by atoms with van der Waals surface area (Å²) in [6.45, 7) is 2.54. The number of halogens is 1. The second-order valence-corrected chi connectivity index (χ2v) is 9.00. The maximum absolute atomic E-state index is 12.6. The van der Waals surface area contributed by atoms with Gasteiger partial charge < -0.3 is 14.4 Å². The number of methoxy groups -OCH3 is 1. The zero-order valence-electron chi connectivity index (χ0n) is 13.8. The van der Waals surface area contributed by atoms with E-state index in [0.29, 0.717) is 22.4 Å². The van der Waals surface area contributed by atoms with Gasteiger partial charge in [-0.3, -0.25) is 4.79 Å². The van der Waals surface area contributed by atoms with Crippen LogP contribution in [-0.2, 0) is 4.74 Å². The van der Waals surface area contributed by atoms with E-state index in [0.717, 1.165) is 37.8 Å². The Labute approximate surface area is 151 Å². The molecule has 6 heteroatoms. The fraction of sp³-hybridized carbons (Fsp3) is 0.611. The summed E-state index contributed by atoms with van der Waals surface area (Å²) in [5.74, 6) is 2.51. The summed E-state index contributed by atoms with van der Waals surface area (Å²) in [4.78, 5) is 14.5. The number of carbonyl (C=O) groups is 1. The van der Waals surface area contributed by atoms with Crippen molar-refractivity contribution in [1.82, 2.24) is 4.90 Å². The Balaban J connectivity index is 1.31.